The molecule has 0 bridgehead atoms. The number of nitrogens with zero attached hydrogens (tertiary/aromatic N) is 7. The SMILES string of the molecule is Cc1cn2nc(-c3cc(Cl)c4cc(N5CCC(N(C)C)CC5)cnc4n3)cc(C)c2n1. The van der Waals surface area contributed by atoms with Crippen LogP contribution in [0.15, 0.2) is 30.6 Å². The van der Waals surface area contributed by atoms with Crippen LogP contribution < -0.4 is 4.90 Å². The maximum Gasteiger partial charge on any atom is 0.161 e. The molecule has 8 heteroatoms. The Hall–Kier alpha value is -2.77. The van der Waals surface area contributed by atoms with Crippen LogP contribution in [0.1, 0.15) is 24.1 Å². The number of pyridine rings is 2. The van der Waals surface area contributed by atoms with Crippen molar-refractivity contribution in [3.05, 3.63) is 46.9 Å². The third-order valence-electron chi connectivity index (χ3n) is 6.15. The molecule has 5 heterocycles. The average molecular weight is 436 g/mol. The minimum absolute atomic E-state index is 0.635. The fourth-order valence-electron chi connectivity index (χ4n) is 4.37. The van der Waals surface area contributed by atoms with Crippen LogP contribution in [0.2, 0.25) is 5.02 Å². The van der Waals surface area contributed by atoms with Crippen LogP contribution in [0.4, 0.5) is 5.69 Å². The fraction of sp³-hybridized carbons (Fsp3) is 0.391. The molecule has 0 aromatic carbocycles. The van der Waals surface area contributed by atoms with E-state index in [1.165, 1.54) is 0 Å². The minimum atomic E-state index is 0.635. The summed E-state index contributed by atoms with van der Waals surface area (Å²) in [7, 11) is 4.31. The van der Waals surface area contributed by atoms with E-state index in [2.05, 4.69) is 45.0 Å². The van der Waals surface area contributed by atoms with Crippen LogP contribution in [-0.4, -0.2) is 62.7 Å². The van der Waals surface area contributed by atoms with E-state index in [1.807, 2.05) is 38.4 Å². The van der Waals surface area contributed by atoms with Gasteiger partial charge in [0.15, 0.2) is 11.3 Å². The highest BCUT2D eigenvalue weighted by atomic mass is 35.5. The minimum Gasteiger partial charge on any atom is -0.370 e. The molecule has 5 rings (SSSR count). The monoisotopic (exact) mass is 435 g/mol. The molecule has 31 heavy (non-hydrogen) atoms. The number of rotatable bonds is 3. The predicted molar refractivity (Wildman–Crippen MR) is 125 cm³/mol. The summed E-state index contributed by atoms with van der Waals surface area (Å²) < 4.78 is 1.80. The second-order valence-corrected chi connectivity index (χ2v) is 9.01. The number of hydrogen-bond donors (Lipinski definition) is 0. The molecule has 1 fully saturated rings. The van der Waals surface area contributed by atoms with Crippen molar-refractivity contribution in [1.82, 2.24) is 29.5 Å². The van der Waals surface area contributed by atoms with Crippen LogP contribution in [0, 0.1) is 13.8 Å². The standard InChI is InChI=1S/C23H26ClN7/c1-14-9-21(28-31-13-15(2)26-23(14)31)20-11-19(24)18-10-17(12-25-22(18)27-20)30-7-5-16(6-8-30)29(3)4/h9-13,16H,5-8H2,1-4H3. The normalized spacial score (nSPS) is 15.5. The Bertz CT molecular complexity index is 1270. The van der Waals surface area contributed by atoms with Crippen molar-refractivity contribution >= 4 is 34.0 Å². The molecule has 0 unspecified atom stereocenters. The van der Waals surface area contributed by atoms with Gasteiger partial charge in [-0.05, 0) is 64.5 Å². The summed E-state index contributed by atoms with van der Waals surface area (Å²) in [5, 5.41) is 6.19. The lowest BCUT2D eigenvalue weighted by Gasteiger charge is -2.36. The molecule has 0 radical (unpaired) electrons. The van der Waals surface area contributed by atoms with Crippen molar-refractivity contribution in [3.8, 4) is 11.4 Å². The highest BCUT2D eigenvalue weighted by Gasteiger charge is 2.21. The zero-order valence-corrected chi connectivity index (χ0v) is 19.1. The number of fused-ring (bicyclic) bond motifs is 2. The van der Waals surface area contributed by atoms with Crippen molar-refractivity contribution in [3.63, 3.8) is 0 Å². The Morgan fingerprint density at radius 2 is 1.81 bits per heavy atom. The van der Waals surface area contributed by atoms with Gasteiger partial charge >= 0.3 is 0 Å². The Kier molecular flexibility index (Phi) is 5.02. The molecular formula is C23H26ClN7. The molecule has 0 atom stereocenters. The first-order valence-electron chi connectivity index (χ1n) is 10.6. The zero-order chi connectivity index (χ0) is 21.7. The van der Waals surface area contributed by atoms with E-state index in [0.717, 1.165) is 59.6 Å². The maximum absolute atomic E-state index is 6.70. The first kappa shape index (κ1) is 20.2. The van der Waals surface area contributed by atoms with Crippen molar-refractivity contribution < 1.29 is 0 Å². The molecule has 0 aliphatic carbocycles. The third kappa shape index (κ3) is 3.72. The van der Waals surface area contributed by atoms with Gasteiger partial charge < -0.3 is 9.80 Å². The van der Waals surface area contributed by atoms with E-state index < -0.39 is 0 Å². The highest BCUT2D eigenvalue weighted by molar-refractivity contribution is 6.35. The van der Waals surface area contributed by atoms with Crippen LogP contribution in [0.25, 0.3) is 28.1 Å². The van der Waals surface area contributed by atoms with Gasteiger partial charge in [-0.15, -0.1) is 0 Å². The zero-order valence-electron chi connectivity index (χ0n) is 18.3. The second kappa shape index (κ2) is 7.73. The van der Waals surface area contributed by atoms with E-state index >= 15 is 0 Å². The molecule has 4 aromatic rings. The molecule has 0 spiro atoms. The lowest BCUT2D eigenvalue weighted by atomic mass is 10.0. The summed E-state index contributed by atoms with van der Waals surface area (Å²) in [5.74, 6) is 0. The van der Waals surface area contributed by atoms with Crippen molar-refractivity contribution in [2.24, 2.45) is 0 Å². The van der Waals surface area contributed by atoms with Gasteiger partial charge in [0.1, 0.15) is 5.69 Å². The highest BCUT2D eigenvalue weighted by Crippen LogP contribution is 2.31. The summed E-state index contributed by atoms with van der Waals surface area (Å²) >= 11 is 6.70. The lowest BCUT2D eigenvalue weighted by molar-refractivity contribution is 0.249. The quantitative estimate of drug-likeness (QED) is 0.482. The first-order chi connectivity index (χ1) is 14.9. The number of imidazole rings is 1. The van der Waals surface area contributed by atoms with Crippen molar-refractivity contribution in [2.75, 3.05) is 32.1 Å². The van der Waals surface area contributed by atoms with Crippen LogP contribution in [-0.2, 0) is 0 Å². The van der Waals surface area contributed by atoms with E-state index in [4.69, 9.17) is 16.6 Å². The number of piperidine rings is 1. The second-order valence-electron chi connectivity index (χ2n) is 8.60. The number of aryl methyl sites for hydroxylation is 2. The maximum atomic E-state index is 6.70. The third-order valence-corrected chi connectivity index (χ3v) is 6.46. The van der Waals surface area contributed by atoms with Crippen molar-refractivity contribution in [1.29, 1.82) is 0 Å². The molecule has 4 aromatic heterocycles. The van der Waals surface area contributed by atoms with Crippen LogP contribution in [0.5, 0.6) is 0 Å². The molecule has 1 aliphatic rings. The van der Waals surface area contributed by atoms with Gasteiger partial charge in [0.25, 0.3) is 0 Å². The molecule has 1 saturated heterocycles. The molecule has 0 N–H and O–H groups in total. The van der Waals surface area contributed by atoms with Crippen LogP contribution in [0.3, 0.4) is 0 Å². The smallest absolute Gasteiger partial charge is 0.161 e. The Labute approximate surface area is 186 Å². The average Bonchev–Trinajstić information content (AvgIpc) is 3.14. The van der Waals surface area contributed by atoms with Crippen molar-refractivity contribution in [2.45, 2.75) is 32.7 Å². The van der Waals surface area contributed by atoms with Gasteiger partial charge in [-0.3, -0.25) is 0 Å². The van der Waals surface area contributed by atoms with Gasteiger partial charge in [0.2, 0.25) is 0 Å². The first-order valence-corrected chi connectivity index (χ1v) is 11.0. The number of anilines is 1. The van der Waals surface area contributed by atoms with Gasteiger partial charge in [-0.2, -0.15) is 5.10 Å². The van der Waals surface area contributed by atoms with E-state index in [-0.39, 0.29) is 0 Å². The molecule has 0 amide bonds. The summed E-state index contributed by atoms with van der Waals surface area (Å²) in [6, 6.07) is 6.63. The lowest BCUT2D eigenvalue weighted by Crippen LogP contribution is -2.42. The number of halogens is 1. The van der Waals surface area contributed by atoms with Gasteiger partial charge in [0.05, 0.1) is 34.5 Å². The van der Waals surface area contributed by atoms with Gasteiger partial charge in [-0.25, -0.2) is 19.5 Å². The molecule has 0 saturated carbocycles. The van der Waals surface area contributed by atoms with Gasteiger partial charge in [0, 0.05) is 24.5 Å². The van der Waals surface area contributed by atoms with E-state index in [1.54, 1.807) is 4.52 Å². The molecule has 160 valence electrons. The number of hydrogen-bond acceptors (Lipinski definition) is 6. The molecular weight excluding hydrogens is 410 g/mol. The number of aromatic nitrogens is 5. The topological polar surface area (TPSA) is 62.5 Å². The van der Waals surface area contributed by atoms with E-state index in [0.29, 0.717) is 22.4 Å². The summed E-state index contributed by atoms with van der Waals surface area (Å²) in [6.07, 6.45) is 6.12. The molecule has 7 nitrogen and oxygen atoms in total. The van der Waals surface area contributed by atoms with E-state index in [9.17, 15) is 0 Å². The predicted octanol–water partition coefficient (Wildman–Crippen LogP) is 4.14. The summed E-state index contributed by atoms with van der Waals surface area (Å²) in [6.45, 7) is 6.03. The Balaban J connectivity index is 1.49. The summed E-state index contributed by atoms with van der Waals surface area (Å²) in [4.78, 5) is 18.6. The Morgan fingerprint density at radius 3 is 2.55 bits per heavy atom. The largest absolute Gasteiger partial charge is 0.370 e. The Morgan fingerprint density at radius 1 is 1.03 bits per heavy atom. The van der Waals surface area contributed by atoms with Crippen LogP contribution >= 0.6 is 11.6 Å². The molecule has 1 aliphatic heterocycles. The fourth-order valence-corrected chi connectivity index (χ4v) is 4.61. The summed E-state index contributed by atoms with van der Waals surface area (Å²) in [5.41, 5.74) is 6.03. The van der Waals surface area contributed by atoms with Gasteiger partial charge in [-0.1, -0.05) is 11.6 Å².